The number of amides is 1. The summed E-state index contributed by atoms with van der Waals surface area (Å²) in [5.74, 6) is -2.43. The number of hydrogen-bond acceptors (Lipinski definition) is 2. The molecular weight excluding hydrogens is 326 g/mol. The van der Waals surface area contributed by atoms with Crippen molar-refractivity contribution in [2.75, 3.05) is 5.32 Å². The highest BCUT2D eigenvalue weighted by molar-refractivity contribution is 9.10. The Morgan fingerprint density at radius 1 is 1.39 bits per heavy atom. The standard InChI is InChI=1S/C11H11BrF2N2OS/c1-11(2,9(15)18)10(17)16-8-6(13)3-5(12)4-7(8)14/h3-4H,1-2H3,(H2,15,18)(H,16,17). The molecular formula is C11H11BrF2N2OS. The summed E-state index contributed by atoms with van der Waals surface area (Å²) in [6, 6.07) is 2.10. The molecule has 98 valence electrons. The van der Waals surface area contributed by atoms with Crippen LogP contribution in [0.25, 0.3) is 0 Å². The number of thiocarbonyl (C=S) groups is 1. The molecule has 1 amide bonds. The minimum Gasteiger partial charge on any atom is -0.392 e. The first-order chi connectivity index (χ1) is 8.16. The fourth-order valence-electron chi connectivity index (χ4n) is 1.04. The van der Waals surface area contributed by atoms with E-state index in [-0.39, 0.29) is 9.46 Å². The molecule has 0 saturated heterocycles. The minimum absolute atomic E-state index is 0.0575. The van der Waals surface area contributed by atoms with Crippen molar-refractivity contribution in [2.24, 2.45) is 11.1 Å². The van der Waals surface area contributed by atoms with E-state index in [2.05, 4.69) is 21.2 Å². The average molecular weight is 337 g/mol. The van der Waals surface area contributed by atoms with Gasteiger partial charge in [-0.2, -0.15) is 0 Å². The van der Waals surface area contributed by atoms with Crippen LogP contribution in [0.1, 0.15) is 13.8 Å². The Morgan fingerprint density at radius 3 is 2.22 bits per heavy atom. The Labute approximate surface area is 117 Å². The molecule has 0 aliphatic carbocycles. The molecule has 0 aliphatic heterocycles. The van der Waals surface area contributed by atoms with Gasteiger partial charge in [0.2, 0.25) is 5.91 Å². The molecule has 0 saturated carbocycles. The average Bonchev–Trinajstić information content (AvgIpc) is 2.22. The molecule has 3 N–H and O–H groups in total. The van der Waals surface area contributed by atoms with Crippen LogP contribution in [-0.2, 0) is 4.79 Å². The minimum atomic E-state index is -1.19. The third-order valence-electron chi connectivity index (χ3n) is 2.43. The van der Waals surface area contributed by atoms with E-state index in [1.54, 1.807) is 0 Å². The zero-order chi connectivity index (χ0) is 14.1. The molecule has 0 unspecified atom stereocenters. The predicted octanol–water partition coefficient (Wildman–Crippen LogP) is 2.98. The topological polar surface area (TPSA) is 55.1 Å². The van der Waals surface area contributed by atoms with Gasteiger partial charge in [0, 0.05) is 4.47 Å². The molecule has 0 radical (unpaired) electrons. The lowest BCUT2D eigenvalue weighted by Gasteiger charge is -2.22. The molecule has 0 aromatic heterocycles. The smallest absolute Gasteiger partial charge is 0.237 e. The number of benzene rings is 1. The van der Waals surface area contributed by atoms with E-state index in [4.69, 9.17) is 18.0 Å². The van der Waals surface area contributed by atoms with Gasteiger partial charge in [-0.3, -0.25) is 4.79 Å². The van der Waals surface area contributed by atoms with Crippen molar-refractivity contribution in [3.05, 3.63) is 28.2 Å². The van der Waals surface area contributed by atoms with Gasteiger partial charge in [0.1, 0.15) is 5.69 Å². The van der Waals surface area contributed by atoms with Crippen LogP contribution in [0.4, 0.5) is 14.5 Å². The van der Waals surface area contributed by atoms with Crippen LogP contribution in [0.15, 0.2) is 16.6 Å². The number of rotatable bonds is 3. The van der Waals surface area contributed by atoms with E-state index < -0.39 is 28.6 Å². The van der Waals surface area contributed by atoms with Crippen molar-refractivity contribution < 1.29 is 13.6 Å². The van der Waals surface area contributed by atoms with Gasteiger partial charge in [-0.15, -0.1) is 0 Å². The third kappa shape index (κ3) is 3.02. The van der Waals surface area contributed by atoms with Crippen molar-refractivity contribution >= 4 is 44.7 Å². The van der Waals surface area contributed by atoms with Crippen molar-refractivity contribution in [2.45, 2.75) is 13.8 Å². The Balaban J connectivity index is 3.07. The summed E-state index contributed by atoms with van der Waals surface area (Å²) < 4.78 is 27.3. The quantitative estimate of drug-likeness (QED) is 0.834. The summed E-state index contributed by atoms with van der Waals surface area (Å²) in [4.78, 5) is 11.8. The van der Waals surface area contributed by atoms with Gasteiger partial charge in [0.25, 0.3) is 0 Å². The van der Waals surface area contributed by atoms with Crippen molar-refractivity contribution in [3.63, 3.8) is 0 Å². The number of nitrogens with two attached hydrogens (primary N) is 1. The molecule has 0 heterocycles. The fourth-order valence-corrected chi connectivity index (χ4v) is 1.54. The number of nitrogens with one attached hydrogen (secondary N) is 1. The van der Waals surface area contributed by atoms with E-state index in [0.29, 0.717) is 0 Å². The predicted molar refractivity (Wildman–Crippen MR) is 73.3 cm³/mol. The third-order valence-corrected chi connectivity index (χ3v) is 3.40. The first-order valence-corrected chi connectivity index (χ1v) is 6.12. The summed E-state index contributed by atoms with van der Waals surface area (Å²) in [5, 5.41) is 2.15. The fraction of sp³-hybridized carbons (Fsp3) is 0.273. The molecule has 0 atom stereocenters. The summed E-state index contributed by atoms with van der Waals surface area (Å²) in [7, 11) is 0. The SMILES string of the molecule is CC(C)(C(=O)Nc1c(F)cc(Br)cc1F)C(N)=S. The maximum absolute atomic E-state index is 13.5. The van der Waals surface area contributed by atoms with E-state index in [9.17, 15) is 13.6 Å². The number of halogens is 3. The second-order valence-electron chi connectivity index (χ2n) is 4.19. The number of anilines is 1. The van der Waals surface area contributed by atoms with Crippen molar-refractivity contribution in [1.29, 1.82) is 0 Å². The van der Waals surface area contributed by atoms with Gasteiger partial charge in [0.15, 0.2) is 11.6 Å². The van der Waals surface area contributed by atoms with E-state index in [1.807, 2.05) is 0 Å². The number of hydrogen-bond donors (Lipinski definition) is 2. The molecule has 1 rings (SSSR count). The van der Waals surface area contributed by atoms with Crippen LogP contribution in [0.5, 0.6) is 0 Å². The second kappa shape index (κ2) is 5.27. The highest BCUT2D eigenvalue weighted by Gasteiger charge is 2.32. The molecule has 0 spiro atoms. The number of carbonyl (C=O) groups excluding carboxylic acids is 1. The highest BCUT2D eigenvalue weighted by Crippen LogP contribution is 2.26. The van der Waals surface area contributed by atoms with Crippen LogP contribution in [-0.4, -0.2) is 10.9 Å². The monoisotopic (exact) mass is 336 g/mol. The Hall–Kier alpha value is -1.08. The highest BCUT2D eigenvalue weighted by atomic mass is 79.9. The van der Waals surface area contributed by atoms with Crippen LogP contribution >= 0.6 is 28.1 Å². The Bertz CT molecular complexity index is 497. The number of carbonyl (C=O) groups is 1. The lowest BCUT2D eigenvalue weighted by molar-refractivity contribution is -0.121. The largest absolute Gasteiger partial charge is 0.392 e. The zero-order valence-electron chi connectivity index (χ0n) is 9.68. The van der Waals surface area contributed by atoms with Gasteiger partial charge in [-0.05, 0) is 26.0 Å². The van der Waals surface area contributed by atoms with Gasteiger partial charge >= 0.3 is 0 Å². The molecule has 7 heteroatoms. The summed E-state index contributed by atoms with van der Waals surface area (Å²) >= 11 is 7.68. The molecule has 18 heavy (non-hydrogen) atoms. The van der Waals surface area contributed by atoms with Crippen molar-refractivity contribution in [3.8, 4) is 0 Å². The van der Waals surface area contributed by atoms with Gasteiger partial charge in [0.05, 0.1) is 10.4 Å². The summed E-state index contributed by atoms with van der Waals surface area (Å²) in [6.07, 6.45) is 0. The molecule has 1 aromatic carbocycles. The zero-order valence-corrected chi connectivity index (χ0v) is 12.1. The molecule has 3 nitrogen and oxygen atoms in total. The summed E-state index contributed by atoms with van der Waals surface area (Å²) in [6.45, 7) is 2.94. The Kier molecular flexibility index (Phi) is 4.39. The van der Waals surface area contributed by atoms with E-state index in [1.165, 1.54) is 13.8 Å². The molecule has 0 aliphatic rings. The van der Waals surface area contributed by atoms with Gasteiger partial charge in [-0.25, -0.2) is 8.78 Å². The normalized spacial score (nSPS) is 11.2. The van der Waals surface area contributed by atoms with Crippen LogP contribution < -0.4 is 11.1 Å². The molecule has 0 bridgehead atoms. The van der Waals surface area contributed by atoms with E-state index >= 15 is 0 Å². The summed E-state index contributed by atoms with van der Waals surface area (Å²) in [5.41, 5.74) is 3.69. The van der Waals surface area contributed by atoms with Crippen LogP contribution in [0, 0.1) is 17.0 Å². The van der Waals surface area contributed by atoms with E-state index in [0.717, 1.165) is 12.1 Å². The van der Waals surface area contributed by atoms with Gasteiger partial charge in [-0.1, -0.05) is 28.1 Å². The second-order valence-corrected chi connectivity index (χ2v) is 5.54. The molecule has 1 aromatic rings. The lowest BCUT2D eigenvalue weighted by atomic mass is 9.92. The maximum Gasteiger partial charge on any atom is 0.237 e. The first kappa shape index (κ1) is 15.0. The van der Waals surface area contributed by atoms with Crippen LogP contribution in [0.2, 0.25) is 0 Å². The van der Waals surface area contributed by atoms with Gasteiger partial charge < -0.3 is 11.1 Å². The first-order valence-electron chi connectivity index (χ1n) is 4.92. The van der Waals surface area contributed by atoms with Crippen LogP contribution in [0.3, 0.4) is 0 Å². The Morgan fingerprint density at radius 2 is 1.83 bits per heavy atom. The molecule has 0 fully saturated rings. The lowest BCUT2D eigenvalue weighted by Crippen LogP contribution is -2.41. The maximum atomic E-state index is 13.5. The van der Waals surface area contributed by atoms with Crippen molar-refractivity contribution in [1.82, 2.24) is 0 Å².